The van der Waals surface area contributed by atoms with Gasteiger partial charge in [-0.3, -0.25) is 4.79 Å². The summed E-state index contributed by atoms with van der Waals surface area (Å²) in [6.45, 7) is 3.93. The van der Waals surface area contributed by atoms with Crippen molar-refractivity contribution in [1.82, 2.24) is 4.90 Å². The van der Waals surface area contributed by atoms with E-state index in [9.17, 15) is 4.79 Å². The lowest BCUT2D eigenvalue weighted by Gasteiger charge is -2.30. The number of piperidine rings is 1. The third-order valence-electron chi connectivity index (χ3n) is 3.47. The van der Waals surface area contributed by atoms with Crippen molar-refractivity contribution in [2.24, 2.45) is 5.92 Å². The summed E-state index contributed by atoms with van der Waals surface area (Å²) in [6.07, 6.45) is 4.18. The van der Waals surface area contributed by atoms with Crippen LogP contribution in [0, 0.1) is 5.92 Å². The molecule has 98 valence electrons. The molecule has 1 aliphatic rings. The third kappa shape index (κ3) is 3.01. The summed E-state index contributed by atoms with van der Waals surface area (Å²) < 4.78 is 0. The predicted molar refractivity (Wildman–Crippen MR) is 77.5 cm³/mol. The molecule has 1 aromatic carbocycles. The highest BCUT2D eigenvalue weighted by molar-refractivity contribution is 7.98. The maximum Gasteiger partial charge on any atom is 0.255 e. The molecular weight excluding hydrogens is 266 g/mol. The van der Waals surface area contributed by atoms with Gasteiger partial charge in [0.05, 0.1) is 10.6 Å². The molecule has 1 saturated heterocycles. The SMILES string of the molecule is CSc1ccc(Cl)c(C(=O)N2CCC(C)CC2)c1. The number of hydrogen-bond acceptors (Lipinski definition) is 2. The van der Waals surface area contributed by atoms with Crippen LogP contribution in [0.4, 0.5) is 0 Å². The second-order valence-corrected chi connectivity index (χ2v) is 6.11. The largest absolute Gasteiger partial charge is 0.339 e. The minimum atomic E-state index is 0.0720. The van der Waals surface area contributed by atoms with Crippen molar-refractivity contribution in [3.8, 4) is 0 Å². The Labute approximate surface area is 118 Å². The quantitative estimate of drug-likeness (QED) is 0.767. The summed E-state index contributed by atoms with van der Waals surface area (Å²) in [6, 6.07) is 5.66. The van der Waals surface area contributed by atoms with Gasteiger partial charge in [-0.25, -0.2) is 0 Å². The summed E-state index contributed by atoms with van der Waals surface area (Å²) in [4.78, 5) is 15.4. The van der Waals surface area contributed by atoms with Crippen molar-refractivity contribution in [3.05, 3.63) is 28.8 Å². The van der Waals surface area contributed by atoms with Crippen LogP contribution in [0.25, 0.3) is 0 Å². The van der Waals surface area contributed by atoms with Crippen LogP contribution in [0.3, 0.4) is 0 Å². The van der Waals surface area contributed by atoms with Gasteiger partial charge in [0.2, 0.25) is 0 Å². The first-order valence-corrected chi connectivity index (χ1v) is 7.85. The van der Waals surface area contributed by atoms with Crippen LogP contribution in [0.2, 0.25) is 5.02 Å². The Morgan fingerprint density at radius 2 is 2.06 bits per heavy atom. The fourth-order valence-electron chi connectivity index (χ4n) is 2.18. The smallest absolute Gasteiger partial charge is 0.255 e. The number of benzene rings is 1. The fraction of sp³-hybridized carbons (Fsp3) is 0.500. The van der Waals surface area contributed by atoms with E-state index >= 15 is 0 Å². The van der Waals surface area contributed by atoms with Gasteiger partial charge in [0, 0.05) is 18.0 Å². The molecule has 1 fully saturated rings. The van der Waals surface area contributed by atoms with E-state index < -0.39 is 0 Å². The van der Waals surface area contributed by atoms with Gasteiger partial charge in [-0.2, -0.15) is 0 Å². The van der Waals surface area contributed by atoms with Crippen molar-refractivity contribution in [2.75, 3.05) is 19.3 Å². The molecule has 2 nitrogen and oxygen atoms in total. The van der Waals surface area contributed by atoms with Gasteiger partial charge in [0.25, 0.3) is 5.91 Å². The van der Waals surface area contributed by atoms with Gasteiger partial charge in [0.15, 0.2) is 0 Å². The van der Waals surface area contributed by atoms with Gasteiger partial charge in [-0.05, 0) is 43.2 Å². The number of likely N-dealkylation sites (tertiary alicyclic amines) is 1. The Morgan fingerprint density at radius 3 is 2.67 bits per heavy atom. The van der Waals surface area contributed by atoms with E-state index in [4.69, 9.17) is 11.6 Å². The van der Waals surface area contributed by atoms with E-state index in [2.05, 4.69) is 6.92 Å². The van der Waals surface area contributed by atoms with Crippen molar-refractivity contribution < 1.29 is 4.79 Å². The van der Waals surface area contributed by atoms with E-state index in [1.165, 1.54) is 0 Å². The highest BCUT2D eigenvalue weighted by atomic mass is 35.5. The number of hydrogen-bond donors (Lipinski definition) is 0. The first kappa shape index (κ1) is 13.8. The zero-order valence-electron chi connectivity index (χ0n) is 10.8. The molecule has 0 N–H and O–H groups in total. The molecule has 0 bridgehead atoms. The number of halogens is 1. The van der Waals surface area contributed by atoms with Crippen LogP contribution in [0.5, 0.6) is 0 Å². The van der Waals surface area contributed by atoms with Gasteiger partial charge < -0.3 is 4.90 Å². The van der Waals surface area contributed by atoms with E-state index in [1.807, 2.05) is 29.4 Å². The second kappa shape index (κ2) is 5.98. The van der Waals surface area contributed by atoms with Gasteiger partial charge in [-0.1, -0.05) is 18.5 Å². The van der Waals surface area contributed by atoms with E-state index in [0.717, 1.165) is 36.7 Å². The fourth-order valence-corrected chi connectivity index (χ4v) is 2.82. The summed E-state index contributed by atoms with van der Waals surface area (Å²) in [5.74, 6) is 0.796. The average molecular weight is 284 g/mol. The van der Waals surface area contributed by atoms with E-state index in [0.29, 0.717) is 10.6 Å². The van der Waals surface area contributed by atoms with E-state index in [-0.39, 0.29) is 5.91 Å². The summed E-state index contributed by atoms with van der Waals surface area (Å²) in [5.41, 5.74) is 0.637. The van der Waals surface area contributed by atoms with Gasteiger partial charge in [0.1, 0.15) is 0 Å². The first-order valence-electron chi connectivity index (χ1n) is 6.24. The lowest BCUT2D eigenvalue weighted by atomic mass is 9.98. The maximum absolute atomic E-state index is 12.4. The standard InChI is InChI=1S/C14H18ClNOS/c1-10-5-7-16(8-6-10)14(17)12-9-11(18-2)3-4-13(12)15/h3-4,9-10H,5-8H2,1-2H3. The first-order chi connectivity index (χ1) is 8.61. The Bertz CT molecular complexity index is 441. The predicted octanol–water partition coefficient (Wildman–Crippen LogP) is 3.93. The molecule has 1 aliphatic heterocycles. The Hall–Kier alpha value is -0.670. The molecule has 2 rings (SSSR count). The molecule has 4 heteroatoms. The molecule has 0 aliphatic carbocycles. The molecule has 18 heavy (non-hydrogen) atoms. The van der Waals surface area contributed by atoms with Crippen molar-refractivity contribution in [1.29, 1.82) is 0 Å². The molecule has 1 amide bonds. The van der Waals surface area contributed by atoms with Crippen molar-refractivity contribution in [2.45, 2.75) is 24.7 Å². The number of thioether (sulfide) groups is 1. The molecule has 1 aromatic rings. The van der Waals surface area contributed by atoms with Crippen LogP contribution in [0.1, 0.15) is 30.1 Å². The zero-order valence-corrected chi connectivity index (χ0v) is 12.4. The molecule has 0 atom stereocenters. The summed E-state index contributed by atoms with van der Waals surface area (Å²) in [7, 11) is 0. The number of carbonyl (C=O) groups is 1. The minimum absolute atomic E-state index is 0.0720. The third-order valence-corrected chi connectivity index (χ3v) is 4.53. The minimum Gasteiger partial charge on any atom is -0.339 e. The zero-order chi connectivity index (χ0) is 13.1. The van der Waals surface area contributed by atoms with Crippen LogP contribution in [0.15, 0.2) is 23.1 Å². The van der Waals surface area contributed by atoms with Crippen LogP contribution >= 0.6 is 23.4 Å². The van der Waals surface area contributed by atoms with Crippen LogP contribution < -0.4 is 0 Å². The maximum atomic E-state index is 12.4. The molecular formula is C14H18ClNOS. The van der Waals surface area contributed by atoms with Crippen LogP contribution in [-0.2, 0) is 0 Å². The lowest BCUT2D eigenvalue weighted by molar-refractivity contribution is 0.0697. The Balaban J connectivity index is 2.17. The molecule has 0 aromatic heterocycles. The summed E-state index contributed by atoms with van der Waals surface area (Å²) >= 11 is 7.77. The Morgan fingerprint density at radius 1 is 1.39 bits per heavy atom. The van der Waals surface area contributed by atoms with Crippen molar-refractivity contribution in [3.63, 3.8) is 0 Å². The number of carbonyl (C=O) groups excluding carboxylic acids is 1. The Kier molecular flexibility index (Phi) is 4.57. The molecule has 0 unspecified atom stereocenters. The normalized spacial score (nSPS) is 16.9. The average Bonchev–Trinajstić information content (AvgIpc) is 2.39. The molecule has 0 spiro atoms. The van der Waals surface area contributed by atoms with Crippen LogP contribution in [-0.4, -0.2) is 30.2 Å². The number of nitrogens with zero attached hydrogens (tertiary/aromatic N) is 1. The second-order valence-electron chi connectivity index (χ2n) is 4.82. The molecule has 0 radical (unpaired) electrons. The highest BCUT2D eigenvalue weighted by Gasteiger charge is 2.23. The topological polar surface area (TPSA) is 20.3 Å². The number of amides is 1. The van der Waals surface area contributed by atoms with Crippen molar-refractivity contribution >= 4 is 29.3 Å². The van der Waals surface area contributed by atoms with E-state index in [1.54, 1.807) is 11.8 Å². The van der Waals surface area contributed by atoms with Gasteiger partial charge in [-0.15, -0.1) is 11.8 Å². The number of rotatable bonds is 2. The van der Waals surface area contributed by atoms with Gasteiger partial charge >= 0.3 is 0 Å². The summed E-state index contributed by atoms with van der Waals surface area (Å²) in [5, 5.41) is 0.552. The molecule has 1 heterocycles. The lowest BCUT2D eigenvalue weighted by Crippen LogP contribution is -2.38. The monoisotopic (exact) mass is 283 g/mol. The molecule has 0 saturated carbocycles. The highest BCUT2D eigenvalue weighted by Crippen LogP contribution is 2.26.